The van der Waals surface area contributed by atoms with Crippen molar-refractivity contribution in [3.63, 3.8) is 0 Å². The fourth-order valence-electron chi connectivity index (χ4n) is 2.58. The number of nitrogens with one attached hydrogen (secondary N) is 2. The van der Waals surface area contributed by atoms with E-state index in [4.69, 9.17) is 0 Å². The SMILES string of the molecule is Cc1nc(-c2c[nH]c(C(=O)Nc3nc4c(s3)CCC4)c2)cs1. The van der Waals surface area contributed by atoms with E-state index in [2.05, 4.69) is 20.3 Å². The van der Waals surface area contributed by atoms with Gasteiger partial charge >= 0.3 is 0 Å². The molecule has 3 aromatic heterocycles. The Morgan fingerprint density at radius 1 is 1.36 bits per heavy atom. The zero-order chi connectivity index (χ0) is 15.1. The topological polar surface area (TPSA) is 70.7 Å². The van der Waals surface area contributed by atoms with Gasteiger partial charge < -0.3 is 4.98 Å². The smallest absolute Gasteiger partial charge is 0.273 e. The highest BCUT2D eigenvalue weighted by Crippen LogP contribution is 2.30. The van der Waals surface area contributed by atoms with E-state index >= 15 is 0 Å². The van der Waals surface area contributed by atoms with E-state index in [1.165, 1.54) is 11.3 Å². The maximum absolute atomic E-state index is 12.3. The Balaban J connectivity index is 1.51. The number of aromatic amines is 1. The number of fused-ring (bicyclic) bond motifs is 1. The van der Waals surface area contributed by atoms with Crippen molar-refractivity contribution in [1.29, 1.82) is 0 Å². The fraction of sp³-hybridized carbons (Fsp3) is 0.267. The average molecular weight is 330 g/mol. The summed E-state index contributed by atoms with van der Waals surface area (Å²) in [5, 5.41) is 6.57. The van der Waals surface area contributed by atoms with Gasteiger partial charge in [-0.05, 0) is 32.3 Å². The molecular formula is C15H14N4OS2. The van der Waals surface area contributed by atoms with Crippen LogP contribution in [0.1, 0.15) is 32.5 Å². The molecule has 112 valence electrons. The number of hydrogen-bond acceptors (Lipinski definition) is 5. The standard InChI is InChI=1S/C15H14N4OS2/c1-8-17-12(7-21-8)9-5-11(16-6-9)14(20)19-15-18-10-3-2-4-13(10)22-15/h5-7,16H,2-4H2,1H3,(H,18,19,20). The van der Waals surface area contributed by atoms with Gasteiger partial charge in [-0.1, -0.05) is 0 Å². The van der Waals surface area contributed by atoms with Crippen LogP contribution in [-0.2, 0) is 12.8 Å². The molecule has 7 heteroatoms. The summed E-state index contributed by atoms with van der Waals surface area (Å²) in [7, 11) is 0. The molecule has 3 aromatic rings. The number of H-pyrrole nitrogens is 1. The second-order valence-electron chi connectivity index (χ2n) is 5.25. The highest BCUT2D eigenvalue weighted by molar-refractivity contribution is 7.16. The lowest BCUT2D eigenvalue weighted by atomic mass is 10.2. The Kier molecular flexibility index (Phi) is 3.31. The Bertz CT molecular complexity index is 824. The first kappa shape index (κ1) is 13.7. The third-order valence-corrected chi connectivity index (χ3v) is 5.50. The van der Waals surface area contributed by atoms with E-state index < -0.39 is 0 Å². The van der Waals surface area contributed by atoms with Crippen molar-refractivity contribution in [3.05, 3.63) is 38.9 Å². The highest BCUT2D eigenvalue weighted by Gasteiger charge is 2.19. The lowest BCUT2D eigenvalue weighted by Gasteiger charge is -1.98. The van der Waals surface area contributed by atoms with Crippen molar-refractivity contribution in [2.75, 3.05) is 5.32 Å². The Hall–Kier alpha value is -1.99. The van der Waals surface area contributed by atoms with Crippen LogP contribution in [0.4, 0.5) is 5.13 Å². The third kappa shape index (κ3) is 2.46. The molecular weight excluding hydrogens is 316 g/mol. The summed E-state index contributed by atoms with van der Waals surface area (Å²) in [6.45, 7) is 1.97. The predicted octanol–water partition coefficient (Wildman–Crippen LogP) is 3.64. The number of nitrogens with zero attached hydrogens (tertiary/aromatic N) is 2. The number of aryl methyl sites for hydroxylation is 3. The van der Waals surface area contributed by atoms with Gasteiger partial charge in [-0.3, -0.25) is 10.1 Å². The summed E-state index contributed by atoms with van der Waals surface area (Å²) < 4.78 is 0. The molecule has 1 amide bonds. The summed E-state index contributed by atoms with van der Waals surface area (Å²) >= 11 is 3.18. The molecule has 0 bridgehead atoms. The Morgan fingerprint density at radius 2 is 2.27 bits per heavy atom. The zero-order valence-electron chi connectivity index (χ0n) is 12.0. The minimum absolute atomic E-state index is 0.161. The molecule has 0 aliphatic heterocycles. The van der Waals surface area contributed by atoms with Gasteiger partial charge in [0.05, 0.1) is 16.4 Å². The van der Waals surface area contributed by atoms with Crippen molar-refractivity contribution in [3.8, 4) is 11.3 Å². The van der Waals surface area contributed by atoms with Crippen molar-refractivity contribution in [1.82, 2.24) is 15.0 Å². The first-order valence-electron chi connectivity index (χ1n) is 7.10. The molecule has 0 atom stereocenters. The molecule has 4 rings (SSSR count). The van der Waals surface area contributed by atoms with Gasteiger partial charge in [0, 0.05) is 22.0 Å². The number of rotatable bonds is 3. The number of hydrogen-bond donors (Lipinski definition) is 2. The van der Waals surface area contributed by atoms with Crippen LogP contribution in [0.2, 0.25) is 0 Å². The molecule has 5 nitrogen and oxygen atoms in total. The van der Waals surface area contributed by atoms with Crippen molar-refractivity contribution >= 4 is 33.7 Å². The molecule has 3 heterocycles. The largest absolute Gasteiger partial charge is 0.357 e. The van der Waals surface area contributed by atoms with Crippen LogP contribution in [0.3, 0.4) is 0 Å². The van der Waals surface area contributed by atoms with Crippen LogP contribution in [0, 0.1) is 6.92 Å². The molecule has 0 radical (unpaired) electrons. The highest BCUT2D eigenvalue weighted by atomic mass is 32.1. The van der Waals surface area contributed by atoms with Gasteiger partial charge in [0.1, 0.15) is 5.69 Å². The van der Waals surface area contributed by atoms with Gasteiger partial charge in [0.2, 0.25) is 0 Å². The number of anilines is 1. The molecule has 0 spiro atoms. The molecule has 0 unspecified atom stereocenters. The van der Waals surface area contributed by atoms with Gasteiger partial charge in [0.15, 0.2) is 5.13 Å². The molecule has 0 fully saturated rings. The summed E-state index contributed by atoms with van der Waals surface area (Å²) in [5.74, 6) is -0.161. The minimum Gasteiger partial charge on any atom is -0.357 e. The van der Waals surface area contributed by atoms with Gasteiger partial charge in [-0.15, -0.1) is 22.7 Å². The van der Waals surface area contributed by atoms with Crippen LogP contribution in [0.5, 0.6) is 0 Å². The molecule has 1 aliphatic rings. The maximum Gasteiger partial charge on any atom is 0.273 e. The quantitative estimate of drug-likeness (QED) is 0.770. The normalized spacial score (nSPS) is 13.3. The van der Waals surface area contributed by atoms with Crippen molar-refractivity contribution < 1.29 is 4.79 Å². The van der Waals surface area contributed by atoms with Crippen LogP contribution in [0.15, 0.2) is 17.6 Å². The van der Waals surface area contributed by atoms with Crippen molar-refractivity contribution in [2.24, 2.45) is 0 Å². The van der Waals surface area contributed by atoms with E-state index in [1.807, 2.05) is 24.6 Å². The molecule has 22 heavy (non-hydrogen) atoms. The molecule has 1 aliphatic carbocycles. The summed E-state index contributed by atoms with van der Waals surface area (Å²) in [4.78, 5) is 25.5. The molecule has 0 saturated heterocycles. The van der Waals surface area contributed by atoms with Crippen LogP contribution >= 0.6 is 22.7 Å². The van der Waals surface area contributed by atoms with Crippen LogP contribution < -0.4 is 5.32 Å². The van der Waals surface area contributed by atoms with Crippen LogP contribution in [0.25, 0.3) is 11.3 Å². The molecule has 0 saturated carbocycles. The number of thiazole rings is 2. The van der Waals surface area contributed by atoms with Gasteiger partial charge in [-0.2, -0.15) is 0 Å². The summed E-state index contributed by atoms with van der Waals surface area (Å²) in [6.07, 6.45) is 5.09. The number of aromatic nitrogens is 3. The lowest BCUT2D eigenvalue weighted by Crippen LogP contribution is -2.12. The van der Waals surface area contributed by atoms with E-state index in [0.717, 1.165) is 34.8 Å². The van der Waals surface area contributed by atoms with Gasteiger partial charge in [0.25, 0.3) is 5.91 Å². The van der Waals surface area contributed by atoms with E-state index in [9.17, 15) is 4.79 Å². The second-order valence-corrected chi connectivity index (χ2v) is 7.40. The number of amides is 1. The average Bonchev–Trinajstić information content (AvgIpc) is 3.19. The summed E-state index contributed by atoms with van der Waals surface area (Å²) in [6, 6.07) is 1.82. The monoisotopic (exact) mass is 330 g/mol. The lowest BCUT2D eigenvalue weighted by molar-refractivity contribution is 0.102. The molecule has 2 N–H and O–H groups in total. The van der Waals surface area contributed by atoms with Crippen LogP contribution in [-0.4, -0.2) is 20.9 Å². The molecule has 0 aromatic carbocycles. The predicted molar refractivity (Wildman–Crippen MR) is 88.7 cm³/mol. The Morgan fingerprint density at radius 3 is 3.05 bits per heavy atom. The first-order valence-corrected chi connectivity index (χ1v) is 8.79. The first-order chi connectivity index (χ1) is 10.7. The van der Waals surface area contributed by atoms with Crippen molar-refractivity contribution in [2.45, 2.75) is 26.2 Å². The third-order valence-electron chi connectivity index (χ3n) is 3.66. The number of carbonyl (C=O) groups is 1. The maximum atomic E-state index is 12.3. The van der Waals surface area contributed by atoms with E-state index in [0.29, 0.717) is 10.8 Å². The minimum atomic E-state index is -0.161. The second kappa shape index (κ2) is 5.33. The van der Waals surface area contributed by atoms with E-state index in [-0.39, 0.29) is 5.91 Å². The number of carbonyl (C=O) groups excluding carboxylic acids is 1. The zero-order valence-corrected chi connectivity index (χ0v) is 13.6. The van der Waals surface area contributed by atoms with Gasteiger partial charge in [-0.25, -0.2) is 9.97 Å². The fourth-order valence-corrected chi connectivity index (χ4v) is 4.24. The Labute approximate surface area is 135 Å². The van der Waals surface area contributed by atoms with E-state index in [1.54, 1.807) is 22.7 Å². The summed E-state index contributed by atoms with van der Waals surface area (Å²) in [5.41, 5.74) is 3.49.